The number of hydrogen-bond donors (Lipinski definition) is 1. The lowest BCUT2D eigenvalue weighted by atomic mass is 9.96. The Morgan fingerprint density at radius 3 is 2.54 bits per heavy atom. The van der Waals surface area contributed by atoms with Gasteiger partial charge < -0.3 is 14.6 Å². The van der Waals surface area contributed by atoms with Gasteiger partial charge in [0.25, 0.3) is 11.8 Å². The van der Waals surface area contributed by atoms with Crippen molar-refractivity contribution in [3.05, 3.63) is 71.7 Å². The number of rotatable bonds is 4. The predicted molar refractivity (Wildman–Crippen MR) is 104 cm³/mol. The first-order valence-electron chi connectivity index (χ1n) is 9.42. The second-order valence-corrected chi connectivity index (χ2v) is 7.07. The van der Waals surface area contributed by atoms with Crippen LogP contribution in [0.2, 0.25) is 0 Å². The molecule has 1 aromatic heterocycles. The summed E-state index contributed by atoms with van der Waals surface area (Å²) in [5, 5.41) is 3.81. The molecule has 1 fully saturated rings. The standard InChI is InChI=1S/C22H21FN2O3/c23-18-7-3-2-6-17(18)22(27)25-11-9-15(10-12-25)14-24-21(26)20-13-16-5-1-4-8-19(16)28-20/h1-8,13,15H,9-12,14H2,(H,24,26). The van der Waals surface area contributed by atoms with E-state index >= 15 is 0 Å². The predicted octanol–water partition coefficient (Wildman–Crippen LogP) is 3.85. The molecular formula is C22H21FN2O3. The van der Waals surface area contributed by atoms with Crippen LogP contribution in [0.15, 0.2) is 59.0 Å². The molecule has 144 valence electrons. The molecular weight excluding hydrogens is 359 g/mol. The first-order chi connectivity index (χ1) is 13.6. The van der Waals surface area contributed by atoms with Gasteiger partial charge in [0.2, 0.25) is 0 Å². The maximum absolute atomic E-state index is 13.8. The molecule has 28 heavy (non-hydrogen) atoms. The molecule has 6 heteroatoms. The molecule has 2 amide bonds. The van der Waals surface area contributed by atoms with E-state index in [0.717, 1.165) is 18.2 Å². The van der Waals surface area contributed by atoms with Crippen LogP contribution in [-0.4, -0.2) is 36.3 Å². The minimum Gasteiger partial charge on any atom is -0.451 e. The van der Waals surface area contributed by atoms with E-state index in [4.69, 9.17) is 4.42 Å². The molecule has 0 atom stereocenters. The fourth-order valence-electron chi connectivity index (χ4n) is 3.56. The second-order valence-electron chi connectivity index (χ2n) is 7.07. The van der Waals surface area contributed by atoms with Crippen molar-refractivity contribution in [2.24, 2.45) is 5.92 Å². The molecule has 0 spiro atoms. The Hall–Kier alpha value is -3.15. The molecule has 1 aliphatic heterocycles. The third kappa shape index (κ3) is 3.76. The summed E-state index contributed by atoms with van der Waals surface area (Å²) in [4.78, 5) is 26.5. The number of benzene rings is 2. The van der Waals surface area contributed by atoms with Gasteiger partial charge in [0, 0.05) is 25.0 Å². The van der Waals surface area contributed by atoms with Gasteiger partial charge in [-0.2, -0.15) is 0 Å². The summed E-state index contributed by atoms with van der Waals surface area (Å²) in [6.45, 7) is 1.63. The molecule has 3 aromatic rings. The zero-order chi connectivity index (χ0) is 19.5. The van der Waals surface area contributed by atoms with Gasteiger partial charge in [-0.3, -0.25) is 9.59 Å². The van der Waals surface area contributed by atoms with Crippen molar-refractivity contribution >= 4 is 22.8 Å². The average molecular weight is 380 g/mol. The Kier molecular flexibility index (Phi) is 5.10. The van der Waals surface area contributed by atoms with Gasteiger partial charge in [-0.15, -0.1) is 0 Å². The van der Waals surface area contributed by atoms with E-state index in [2.05, 4.69) is 5.32 Å². The van der Waals surface area contributed by atoms with Crippen LogP contribution in [0.4, 0.5) is 4.39 Å². The smallest absolute Gasteiger partial charge is 0.287 e. The lowest BCUT2D eigenvalue weighted by Gasteiger charge is -2.32. The largest absolute Gasteiger partial charge is 0.451 e. The summed E-state index contributed by atoms with van der Waals surface area (Å²) in [6.07, 6.45) is 1.53. The maximum Gasteiger partial charge on any atom is 0.287 e. The van der Waals surface area contributed by atoms with Crippen LogP contribution in [-0.2, 0) is 0 Å². The van der Waals surface area contributed by atoms with Crippen LogP contribution in [0.25, 0.3) is 11.0 Å². The second kappa shape index (κ2) is 7.84. The summed E-state index contributed by atoms with van der Waals surface area (Å²) in [6, 6.07) is 15.3. The van der Waals surface area contributed by atoms with Gasteiger partial charge in [0.15, 0.2) is 5.76 Å². The van der Waals surface area contributed by atoms with Gasteiger partial charge in [-0.05, 0) is 43.0 Å². The van der Waals surface area contributed by atoms with E-state index in [1.165, 1.54) is 12.1 Å². The van der Waals surface area contributed by atoms with Crippen LogP contribution in [0.3, 0.4) is 0 Å². The van der Waals surface area contributed by atoms with Crippen LogP contribution < -0.4 is 5.32 Å². The van der Waals surface area contributed by atoms with Crippen LogP contribution >= 0.6 is 0 Å². The number of hydrogen-bond acceptors (Lipinski definition) is 3. The van der Waals surface area contributed by atoms with Gasteiger partial charge >= 0.3 is 0 Å². The number of nitrogens with one attached hydrogen (secondary N) is 1. The maximum atomic E-state index is 13.8. The van der Waals surface area contributed by atoms with E-state index in [1.54, 1.807) is 23.1 Å². The molecule has 0 radical (unpaired) electrons. The van der Waals surface area contributed by atoms with Gasteiger partial charge in [0.05, 0.1) is 5.56 Å². The number of likely N-dealkylation sites (tertiary alicyclic amines) is 1. The van der Waals surface area contributed by atoms with Crippen LogP contribution in [0.5, 0.6) is 0 Å². The molecule has 1 N–H and O–H groups in total. The lowest BCUT2D eigenvalue weighted by molar-refractivity contribution is 0.0679. The number of amides is 2. The Bertz CT molecular complexity index is 973. The first kappa shape index (κ1) is 18.2. The van der Waals surface area contributed by atoms with E-state index < -0.39 is 5.82 Å². The van der Waals surface area contributed by atoms with Crippen molar-refractivity contribution in [2.75, 3.05) is 19.6 Å². The van der Waals surface area contributed by atoms with Crippen molar-refractivity contribution in [1.29, 1.82) is 0 Å². The zero-order valence-corrected chi connectivity index (χ0v) is 15.4. The van der Waals surface area contributed by atoms with Crippen LogP contribution in [0.1, 0.15) is 33.8 Å². The Labute approximate surface area is 162 Å². The van der Waals surface area contributed by atoms with Crippen molar-refractivity contribution in [3.8, 4) is 0 Å². The van der Waals surface area contributed by atoms with E-state index in [0.29, 0.717) is 31.0 Å². The highest BCUT2D eigenvalue weighted by Gasteiger charge is 2.25. The lowest BCUT2D eigenvalue weighted by Crippen LogP contribution is -2.41. The molecule has 0 saturated carbocycles. The number of furan rings is 1. The fourth-order valence-corrected chi connectivity index (χ4v) is 3.56. The molecule has 1 saturated heterocycles. The Balaban J connectivity index is 1.29. The molecule has 0 bridgehead atoms. The van der Waals surface area contributed by atoms with Crippen molar-refractivity contribution < 1.29 is 18.4 Å². The molecule has 1 aliphatic rings. The summed E-state index contributed by atoms with van der Waals surface area (Å²) in [7, 11) is 0. The Morgan fingerprint density at radius 2 is 1.79 bits per heavy atom. The third-order valence-electron chi connectivity index (χ3n) is 5.21. The topological polar surface area (TPSA) is 62.6 Å². The minimum atomic E-state index is -0.493. The van der Waals surface area contributed by atoms with E-state index in [9.17, 15) is 14.0 Å². The molecule has 2 heterocycles. The fraction of sp³-hybridized carbons (Fsp3) is 0.273. The van der Waals surface area contributed by atoms with Crippen LogP contribution in [0, 0.1) is 11.7 Å². The number of carbonyl (C=O) groups excluding carboxylic acids is 2. The quantitative estimate of drug-likeness (QED) is 0.748. The van der Waals surface area contributed by atoms with E-state index in [1.807, 2.05) is 24.3 Å². The highest BCUT2D eigenvalue weighted by Crippen LogP contribution is 2.21. The molecule has 2 aromatic carbocycles. The zero-order valence-electron chi connectivity index (χ0n) is 15.4. The number of piperidine rings is 1. The number of fused-ring (bicyclic) bond motifs is 1. The van der Waals surface area contributed by atoms with Gasteiger partial charge in [0.1, 0.15) is 11.4 Å². The Morgan fingerprint density at radius 1 is 1.07 bits per heavy atom. The number of carbonyl (C=O) groups is 2. The molecule has 4 rings (SSSR count). The van der Waals surface area contributed by atoms with Crippen molar-refractivity contribution in [2.45, 2.75) is 12.8 Å². The number of nitrogens with zero attached hydrogens (tertiary/aromatic N) is 1. The first-order valence-corrected chi connectivity index (χ1v) is 9.42. The summed E-state index contributed by atoms with van der Waals surface area (Å²) < 4.78 is 19.4. The summed E-state index contributed by atoms with van der Waals surface area (Å²) >= 11 is 0. The summed E-state index contributed by atoms with van der Waals surface area (Å²) in [5.74, 6) is -0.428. The number of halogens is 1. The molecule has 0 unspecified atom stereocenters. The highest BCUT2D eigenvalue weighted by molar-refractivity contribution is 5.96. The van der Waals surface area contributed by atoms with Gasteiger partial charge in [-0.1, -0.05) is 30.3 Å². The monoisotopic (exact) mass is 380 g/mol. The van der Waals surface area contributed by atoms with E-state index in [-0.39, 0.29) is 23.3 Å². The third-order valence-corrected chi connectivity index (χ3v) is 5.21. The number of para-hydroxylation sites is 1. The highest BCUT2D eigenvalue weighted by atomic mass is 19.1. The van der Waals surface area contributed by atoms with Gasteiger partial charge in [-0.25, -0.2) is 4.39 Å². The SMILES string of the molecule is O=C(NCC1CCN(C(=O)c2ccccc2F)CC1)c1cc2ccccc2o1. The molecule has 0 aliphatic carbocycles. The average Bonchev–Trinajstić information content (AvgIpc) is 3.17. The normalized spacial score (nSPS) is 15.0. The molecule has 5 nitrogen and oxygen atoms in total. The van der Waals surface area contributed by atoms with Crippen molar-refractivity contribution in [3.63, 3.8) is 0 Å². The summed E-state index contributed by atoms with van der Waals surface area (Å²) in [5.41, 5.74) is 0.798. The van der Waals surface area contributed by atoms with Crippen molar-refractivity contribution in [1.82, 2.24) is 10.2 Å². The minimum absolute atomic E-state index is 0.110.